The Morgan fingerprint density at radius 1 is 0.900 bits per heavy atom. The van der Waals surface area contributed by atoms with E-state index in [1.165, 1.54) is 19.3 Å². The predicted octanol–water partition coefficient (Wildman–Crippen LogP) is 3.07. The fourth-order valence-corrected chi connectivity index (χ4v) is 2.33. The average Bonchev–Trinajstić information content (AvgIpc) is 2.47. The topological polar surface area (TPSA) is 52.6 Å². The molecule has 0 atom stereocenters. The first-order valence-corrected chi connectivity index (χ1v) is 7.38. The van der Waals surface area contributed by atoms with Crippen LogP contribution in [0, 0.1) is 0 Å². The number of rotatable bonds is 5. The zero-order valence-electron chi connectivity index (χ0n) is 10.9. The van der Waals surface area contributed by atoms with Crippen molar-refractivity contribution >= 4 is 16.2 Å². The molecule has 0 radical (unpaired) electrons. The van der Waals surface area contributed by atoms with E-state index in [4.69, 9.17) is 8.92 Å². The van der Waals surface area contributed by atoms with Crippen LogP contribution in [-0.4, -0.2) is 15.5 Å². The lowest BCUT2D eigenvalue weighted by Gasteiger charge is -2.07. The van der Waals surface area contributed by atoms with Crippen molar-refractivity contribution in [1.29, 1.82) is 0 Å². The summed E-state index contributed by atoms with van der Waals surface area (Å²) in [5.41, 5.74) is 0.778. The first-order chi connectivity index (χ1) is 9.61. The summed E-state index contributed by atoms with van der Waals surface area (Å²) in [7, 11) is -2.37. The lowest BCUT2D eigenvalue weighted by Crippen LogP contribution is -2.06. The van der Waals surface area contributed by atoms with Gasteiger partial charge in [0.15, 0.2) is 11.5 Å². The summed E-state index contributed by atoms with van der Waals surface area (Å²) < 4.78 is 33.8. The van der Waals surface area contributed by atoms with E-state index in [1.54, 1.807) is 30.3 Å². The highest BCUT2D eigenvalue weighted by molar-refractivity contribution is 7.90. The molecule has 20 heavy (non-hydrogen) atoms. The number of ether oxygens (including phenoxy) is 1. The van der Waals surface area contributed by atoms with Crippen molar-refractivity contribution in [2.75, 3.05) is 7.11 Å². The molecule has 104 valence electrons. The Kier molecular flexibility index (Phi) is 4.42. The van der Waals surface area contributed by atoms with Gasteiger partial charge in [-0.05, 0) is 23.8 Å². The van der Waals surface area contributed by atoms with Crippen LogP contribution < -0.4 is 8.92 Å². The van der Waals surface area contributed by atoms with E-state index >= 15 is 0 Å². The highest BCUT2D eigenvalue weighted by atomic mass is 32.2. The summed E-state index contributed by atoms with van der Waals surface area (Å²) in [5.74, 6) is 0.525. The Labute approximate surface area is 118 Å². The predicted molar refractivity (Wildman–Crippen MR) is 78.0 cm³/mol. The van der Waals surface area contributed by atoms with Crippen molar-refractivity contribution in [2.24, 2.45) is 0 Å². The van der Waals surface area contributed by atoms with E-state index in [0.717, 1.165) is 11.0 Å². The van der Waals surface area contributed by atoms with Crippen LogP contribution >= 0.6 is 0 Å². The molecule has 0 spiro atoms. The summed E-state index contributed by atoms with van der Waals surface area (Å²) >= 11 is 0. The SMILES string of the molecule is COc1ccccc1OS(=O)(=O)/C=C/c1ccccc1. The van der Waals surface area contributed by atoms with E-state index < -0.39 is 10.1 Å². The molecule has 0 aliphatic heterocycles. The standard InChI is InChI=1S/C15H14O4S/c1-18-14-9-5-6-10-15(14)19-20(16,17)12-11-13-7-3-2-4-8-13/h2-12H,1H3/b12-11+. The van der Waals surface area contributed by atoms with Crippen LogP contribution in [0.15, 0.2) is 60.0 Å². The number of methoxy groups -OCH3 is 1. The normalized spacial score (nSPS) is 11.4. The molecule has 5 heteroatoms. The highest BCUT2D eigenvalue weighted by Gasteiger charge is 2.11. The highest BCUT2D eigenvalue weighted by Crippen LogP contribution is 2.27. The smallest absolute Gasteiger partial charge is 0.332 e. The van der Waals surface area contributed by atoms with Gasteiger partial charge in [-0.3, -0.25) is 0 Å². The minimum atomic E-state index is -3.83. The summed E-state index contributed by atoms with van der Waals surface area (Å²) in [6, 6.07) is 15.7. The minimum Gasteiger partial charge on any atom is -0.493 e. The molecular formula is C15H14O4S. The molecule has 0 unspecified atom stereocenters. The minimum absolute atomic E-state index is 0.160. The second-order valence-electron chi connectivity index (χ2n) is 3.94. The fraction of sp³-hybridized carbons (Fsp3) is 0.0667. The Hall–Kier alpha value is -2.27. The van der Waals surface area contributed by atoms with Crippen LogP contribution in [-0.2, 0) is 10.1 Å². The molecule has 0 aliphatic carbocycles. The van der Waals surface area contributed by atoms with Crippen molar-refractivity contribution < 1.29 is 17.3 Å². The maximum atomic E-state index is 11.9. The van der Waals surface area contributed by atoms with Crippen LogP contribution in [0.1, 0.15) is 5.56 Å². The van der Waals surface area contributed by atoms with E-state index in [1.807, 2.05) is 18.2 Å². The van der Waals surface area contributed by atoms with Gasteiger partial charge in [-0.2, -0.15) is 8.42 Å². The summed E-state index contributed by atoms with van der Waals surface area (Å²) in [5, 5.41) is 1.02. The van der Waals surface area contributed by atoms with Crippen LogP contribution in [0.2, 0.25) is 0 Å². The zero-order chi connectivity index (χ0) is 14.4. The third-order valence-corrected chi connectivity index (χ3v) is 3.38. The lowest BCUT2D eigenvalue weighted by atomic mass is 10.2. The van der Waals surface area contributed by atoms with E-state index in [0.29, 0.717) is 5.75 Å². The van der Waals surface area contributed by atoms with Crippen LogP contribution in [0.3, 0.4) is 0 Å². The van der Waals surface area contributed by atoms with Gasteiger partial charge in [-0.1, -0.05) is 42.5 Å². The van der Waals surface area contributed by atoms with Gasteiger partial charge >= 0.3 is 10.1 Å². The third kappa shape index (κ3) is 3.86. The quantitative estimate of drug-likeness (QED) is 0.794. The fourth-order valence-electron chi connectivity index (χ4n) is 1.57. The second-order valence-corrected chi connectivity index (χ2v) is 5.36. The molecule has 0 heterocycles. The largest absolute Gasteiger partial charge is 0.493 e. The van der Waals surface area contributed by atoms with Crippen molar-refractivity contribution in [1.82, 2.24) is 0 Å². The first-order valence-electron chi connectivity index (χ1n) is 5.91. The van der Waals surface area contributed by atoms with Gasteiger partial charge in [0, 0.05) is 0 Å². The van der Waals surface area contributed by atoms with Crippen molar-refractivity contribution in [3.63, 3.8) is 0 Å². The Bertz CT molecular complexity index is 691. The molecule has 0 N–H and O–H groups in total. The molecule has 2 aromatic carbocycles. The van der Waals surface area contributed by atoms with Crippen molar-refractivity contribution in [3.05, 3.63) is 65.6 Å². The molecule has 0 saturated heterocycles. The molecule has 0 saturated carbocycles. The van der Waals surface area contributed by atoms with Gasteiger partial charge in [0.05, 0.1) is 12.5 Å². The van der Waals surface area contributed by atoms with Crippen LogP contribution in [0.25, 0.3) is 6.08 Å². The molecule has 2 aromatic rings. The summed E-state index contributed by atoms with van der Waals surface area (Å²) in [4.78, 5) is 0. The molecule has 0 fully saturated rings. The number of para-hydroxylation sites is 2. The summed E-state index contributed by atoms with van der Waals surface area (Å²) in [6.07, 6.45) is 1.48. The molecule has 2 rings (SSSR count). The summed E-state index contributed by atoms with van der Waals surface area (Å²) in [6.45, 7) is 0. The Morgan fingerprint density at radius 2 is 1.50 bits per heavy atom. The Morgan fingerprint density at radius 3 is 2.15 bits per heavy atom. The van der Waals surface area contributed by atoms with Gasteiger partial charge in [0.1, 0.15) is 0 Å². The monoisotopic (exact) mass is 290 g/mol. The molecule has 0 aromatic heterocycles. The number of hydrogen-bond donors (Lipinski definition) is 0. The van der Waals surface area contributed by atoms with Gasteiger partial charge in [0.2, 0.25) is 0 Å². The van der Waals surface area contributed by atoms with Crippen molar-refractivity contribution in [2.45, 2.75) is 0 Å². The van der Waals surface area contributed by atoms with Crippen LogP contribution in [0.5, 0.6) is 11.5 Å². The molecular weight excluding hydrogens is 276 g/mol. The maximum Gasteiger partial charge on any atom is 0.332 e. The van der Waals surface area contributed by atoms with Gasteiger partial charge in [0.25, 0.3) is 0 Å². The van der Waals surface area contributed by atoms with Gasteiger partial charge in [-0.15, -0.1) is 0 Å². The van der Waals surface area contributed by atoms with E-state index in [9.17, 15) is 8.42 Å². The van der Waals surface area contributed by atoms with E-state index in [2.05, 4.69) is 0 Å². The lowest BCUT2D eigenvalue weighted by molar-refractivity contribution is 0.392. The molecule has 0 amide bonds. The Balaban J connectivity index is 2.18. The van der Waals surface area contributed by atoms with Gasteiger partial charge in [-0.25, -0.2) is 0 Å². The van der Waals surface area contributed by atoms with E-state index in [-0.39, 0.29) is 5.75 Å². The molecule has 4 nitrogen and oxygen atoms in total. The van der Waals surface area contributed by atoms with Crippen LogP contribution in [0.4, 0.5) is 0 Å². The molecule has 0 aliphatic rings. The number of hydrogen-bond acceptors (Lipinski definition) is 4. The van der Waals surface area contributed by atoms with Gasteiger partial charge < -0.3 is 8.92 Å². The number of benzene rings is 2. The first kappa shape index (κ1) is 14.1. The average molecular weight is 290 g/mol. The molecule has 0 bridgehead atoms. The zero-order valence-corrected chi connectivity index (χ0v) is 11.7. The maximum absolute atomic E-state index is 11.9. The van der Waals surface area contributed by atoms with Crippen molar-refractivity contribution in [3.8, 4) is 11.5 Å². The second kappa shape index (κ2) is 6.25. The third-order valence-electron chi connectivity index (χ3n) is 2.50.